The van der Waals surface area contributed by atoms with Gasteiger partial charge in [0, 0.05) is 0 Å². The van der Waals surface area contributed by atoms with Gasteiger partial charge in [-0.25, -0.2) is 0 Å². The summed E-state index contributed by atoms with van der Waals surface area (Å²) in [5.74, 6) is 1.43. The first-order valence-electron chi connectivity index (χ1n) is 7.72. The minimum Gasteiger partial charge on any atom is -0.0648 e. The average Bonchev–Trinajstić information content (AvgIpc) is 2.40. The summed E-state index contributed by atoms with van der Waals surface area (Å²) in [6.07, 6.45) is 4.92. The fourth-order valence-electron chi connectivity index (χ4n) is 3.13. The van der Waals surface area contributed by atoms with Crippen molar-refractivity contribution in [2.75, 3.05) is 0 Å². The van der Waals surface area contributed by atoms with Crippen LogP contribution in [0.15, 0.2) is 12.1 Å². The third kappa shape index (κ3) is 2.96. The van der Waals surface area contributed by atoms with E-state index in [1.165, 1.54) is 31.2 Å². The van der Waals surface area contributed by atoms with E-state index < -0.39 is 0 Å². The minimum absolute atomic E-state index is 0.690. The zero-order valence-electron chi connectivity index (χ0n) is 13.1. The molecule has 1 atom stereocenters. The van der Waals surface area contributed by atoms with E-state index in [4.69, 9.17) is 0 Å². The molecule has 0 amide bonds. The minimum atomic E-state index is 0.690. The van der Waals surface area contributed by atoms with Crippen molar-refractivity contribution in [3.63, 3.8) is 0 Å². The second-order valence-electron chi connectivity index (χ2n) is 5.54. The molecule has 102 valence electrons. The topological polar surface area (TPSA) is 0 Å². The number of hydrogen-bond donors (Lipinski definition) is 0. The Hall–Kier alpha value is -0.780. The lowest BCUT2D eigenvalue weighted by molar-refractivity contribution is 0.614. The van der Waals surface area contributed by atoms with E-state index >= 15 is 0 Å². The van der Waals surface area contributed by atoms with Crippen molar-refractivity contribution < 1.29 is 0 Å². The molecule has 0 aliphatic rings. The van der Waals surface area contributed by atoms with Gasteiger partial charge >= 0.3 is 0 Å². The summed E-state index contributed by atoms with van der Waals surface area (Å²) in [5, 5.41) is 0. The Morgan fingerprint density at radius 2 is 1.56 bits per heavy atom. The van der Waals surface area contributed by atoms with Crippen LogP contribution >= 0.6 is 0 Å². The summed E-state index contributed by atoms with van der Waals surface area (Å²) in [6, 6.07) is 4.73. The Bertz CT molecular complexity index is 372. The molecular formula is C18H30. The van der Waals surface area contributed by atoms with E-state index in [-0.39, 0.29) is 0 Å². The van der Waals surface area contributed by atoms with Gasteiger partial charge in [0.1, 0.15) is 0 Å². The second-order valence-corrected chi connectivity index (χ2v) is 5.54. The van der Waals surface area contributed by atoms with Crippen LogP contribution in [0.1, 0.15) is 88.0 Å². The molecule has 1 aromatic carbocycles. The third-order valence-corrected chi connectivity index (χ3v) is 4.51. The highest BCUT2D eigenvalue weighted by molar-refractivity contribution is 5.44. The fourth-order valence-corrected chi connectivity index (χ4v) is 3.13. The van der Waals surface area contributed by atoms with E-state index in [1.54, 1.807) is 16.7 Å². The van der Waals surface area contributed by atoms with Gasteiger partial charge in [0.15, 0.2) is 0 Å². The Labute approximate surface area is 114 Å². The van der Waals surface area contributed by atoms with Crippen molar-refractivity contribution in [2.45, 2.75) is 79.1 Å². The summed E-state index contributed by atoms with van der Waals surface area (Å²) in [7, 11) is 0. The molecule has 0 aromatic heterocycles. The van der Waals surface area contributed by atoms with E-state index in [1.807, 2.05) is 0 Å². The number of benzene rings is 1. The lowest BCUT2D eigenvalue weighted by Crippen LogP contribution is -2.09. The van der Waals surface area contributed by atoms with Crippen LogP contribution in [0.25, 0.3) is 0 Å². The molecule has 0 saturated heterocycles. The van der Waals surface area contributed by atoms with Gasteiger partial charge in [-0.2, -0.15) is 0 Å². The van der Waals surface area contributed by atoms with Gasteiger partial charge in [0.25, 0.3) is 0 Å². The molecule has 0 N–H and O–H groups in total. The molecule has 1 unspecified atom stereocenters. The standard InChI is InChI=1S/C18H30/c1-7-13(5)18-16(10-4)14(6)11-12-17(18)15(8-2)9-3/h11-13,15H,7-10H2,1-6H3. The van der Waals surface area contributed by atoms with Crippen molar-refractivity contribution >= 4 is 0 Å². The van der Waals surface area contributed by atoms with Crippen LogP contribution in [-0.4, -0.2) is 0 Å². The first kappa shape index (κ1) is 15.3. The van der Waals surface area contributed by atoms with Gasteiger partial charge in [-0.05, 0) is 66.7 Å². The van der Waals surface area contributed by atoms with Crippen LogP contribution in [0.2, 0.25) is 0 Å². The van der Waals surface area contributed by atoms with Crippen molar-refractivity contribution in [3.8, 4) is 0 Å². The average molecular weight is 246 g/mol. The molecule has 18 heavy (non-hydrogen) atoms. The van der Waals surface area contributed by atoms with Gasteiger partial charge in [0.2, 0.25) is 0 Å². The van der Waals surface area contributed by atoms with Crippen LogP contribution in [0.4, 0.5) is 0 Å². The maximum absolute atomic E-state index is 2.40. The molecule has 0 nitrogen and oxygen atoms in total. The zero-order chi connectivity index (χ0) is 13.7. The SMILES string of the molecule is CCc1c(C)ccc(C(CC)CC)c1C(C)CC. The largest absolute Gasteiger partial charge is 0.0648 e. The predicted molar refractivity (Wildman–Crippen MR) is 82.6 cm³/mol. The zero-order valence-corrected chi connectivity index (χ0v) is 13.1. The quantitative estimate of drug-likeness (QED) is 0.579. The smallest absolute Gasteiger partial charge is 0.0164 e. The predicted octanol–water partition coefficient (Wildman–Crippen LogP) is 5.97. The first-order valence-corrected chi connectivity index (χ1v) is 7.72. The van der Waals surface area contributed by atoms with E-state index in [2.05, 4.69) is 53.7 Å². The molecule has 0 fully saturated rings. The fraction of sp³-hybridized carbons (Fsp3) is 0.667. The number of aryl methyl sites for hydroxylation is 1. The molecular weight excluding hydrogens is 216 g/mol. The van der Waals surface area contributed by atoms with E-state index in [0.717, 1.165) is 5.92 Å². The maximum Gasteiger partial charge on any atom is -0.0164 e. The number of hydrogen-bond acceptors (Lipinski definition) is 0. The van der Waals surface area contributed by atoms with E-state index in [9.17, 15) is 0 Å². The summed E-state index contributed by atoms with van der Waals surface area (Å²) >= 11 is 0. The molecule has 0 radical (unpaired) electrons. The summed E-state index contributed by atoms with van der Waals surface area (Å²) in [6.45, 7) is 13.9. The molecule has 1 rings (SSSR count). The van der Waals surface area contributed by atoms with Crippen LogP contribution in [-0.2, 0) is 6.42 Å². The van der Waals surface area contributed by atoms with Gasteiger partial charge in [-0.15, -0.1) is 0 Å². The Kier molecular flexibility index (Phi) is 5.91. The summed E-state index contributed by atoms with van der Waals surface area (Å²) in [4.78, 5) is 0. The molecule has 1 aromatic rings. The van der Waals surface area contributed by atoms with Gasteiger partial charge in [-0.3, -0.25) is 0 Å². The molecule has 0 saturated carbocycles. The van der Waals surface area contributed by atoms with Crippen molar-refractivity contribution in [1.29, 1.82) is 0 Å². The van der Waals surface area contributed by atoms with Gasteiger partial charge in [-0.1, -0.05) is 46.8 Å². The van der Waals surface area contributed by atoms with Crippen LogP contribution in [0.3, 0.4) is 0 Å². The highest BCUT2D eigenvalue weighted by Gasteiger charge is 2.19. The summed E-state index contributed by atoms with van der Waals surface area (Å²) < 4.78 is 0. The Morgan fingerprint density at radius 3 is 2.00 bits per heavy atom. The number of rotatable bonds is 6. The van der Waals surface area contributed by atoms with Gasteiger partial charge < -0.3 is 0 Å². The Morgan fingerprint density at radius 1 is 0.944 bits per heavy atom. The molecule has 0 aliphatic carbocycles. The molecule has 0 heterocycles. The van der Waals surface area contributed by atoms with Crippen molar-refractivity contribution in [2.24, 2.45) is 0 Å². The van der Waals surface area contributed by atoms with Crippen molar-refractivity contribution in [1.82, 2.24) is 0 Å². The van der Waals surface area contributed by atoms with Gasteiger partial charge in [0.05, 0.1) is 0 Å². The lowest BCUT2D eigenvalue weighted by atomic mass is 9.80. The van der Waals surface area contributed by atoms with Crippen LogP contribution < -0.4 is 0 Å². The normalized spacial score (nSPS) is 13.1. The van der Waals surface area contributed by atoms with Crippen LogP contribution in [0, 0.1) is 6.92 Å². The highest BCUT2D eigenvalue weighted by atomic mass is 14.2. The Balaban J connectivity index is 3.41. The van der Waals surface area contributed by atoms with Crippen LogP contribution in [0.5, 0.6) is 0 Å². The first-order chi connectivity index (χ1) is 8.60. The molecule has 0 bridgehead atoms. The summed E-state index contributed by atoms with van der Waals surface area (Å²) in [5.41, 5.74) is 6.36. The molecule has 0 aliphatic heterocycles. The van der Waals surface area contributed by atoms with E-state index in [0.29, 0.717) is 5.92 Å². The molecule has 0 heteroatoms. The second kappa shape index (κ2) is 6.97. The monoisotopic (exact) mass is 246 g/mol. The van der Waals surface area contributed by atoms with Crippen molar-refractivity contribution in [3.05, 3.63) is 34.4 Å². The molecule has 0 spiro atoms. The lowest BCUT2D eigenvalue weighted by Gasteiger charge is -2.25. The maximum atomic E-state index is 2.40. The highest BCUT2D eigenvalue weighted by Crippen LogP contribution is 2.36. The third-order valence-electron chi connectivity index (χ3n) is 4.51.